The summed E-state index contributed by atoms with van der Waals surface area (Å²) < 4.78 is 16.6. The summed E-state index contributed by atoms with van der Waals surface area (Å²) in [5.74, 6) is -3.05. The number of aromatic hydroxyl groups is 1. The van der Waals surface area contributed by atoms with Crippen molar-refractivity contribution in [3.63, 3.8) is 0 Å². The monoisotopic (exact) mass is 522 g/mol. The van der Waals surface area contributed by atoms with Crippen molar-refractivity contribution in [3.05, 3.63) is 58.7 Å². The van der Waals surface area contributed by atoms with Crippen molar-refractivity contribution in [1.29, 1.82) is 0 Å². The Kier molecular flexibility index (Phi) is 8.45. The van der Waals surface area contributed by atoms with Crippen LogP contribution in [0.15, 0.2) is 36.4 Å². The molecule has 9 nitrogen and oxygen atoms in total. The molecule has 38 heavy (non-hydrogen) atoms. The quantitative estimate of drug-likeness (QED) is 0.429. The number of carbonyl (C=O) groups excluding carboxylic acids is 3. The van der Waals surface area contributed by atoms with Crippen LogP contribution in [0.25, 0.3) is 6.08 Å². The van der Waals surface area contributed by atoms with Gasteiger partial charge in [-0.3, -0.25) is 9.59 Å². The molecule has 0 fully saturated rings. The third kappa shape index (κ3) is 6.22. The second-order valence-corrected chi connectivity index (χ2v) is 9.49. The molecule has 2 aliphatic heterocycles. The number of fused-ring (bicyclic) bond motifs is 2. The van der Waals surface area contributed by atoms with Gasteiger partial charge in [-0.25, -0.2) is 9.59 Å². The van der Waals surface area contributed by atoms with Crippen molar-refractivity contribution < 1.29 is 43.6 Å². The number of carboxylic acids is 1. The maximum Gasteiger partial charge on any atom is 0.342 e. The normalized spacial score (nSPS) is 20.4. The van der Waals surface area contributed by atoms with E-state index in [0.717, 1.165) is 0 Å². The van der Waals surface area contributed by atoms with E-state index < -0.39 is 36.5 Å². The number of Topliss-reactive ketones (excluding diaryl/α,β-unsaturated/α-hetero) is 1. The first kappa shape index (κ1) is 26.9. The average Bonchev–Trinajstić information content (AvgIpc) is 2.86. The number of aliphatic carboxylic acids is 1. The molecule has 2 aliphatic rings. The average molecular weight is 523 g/mol. The molecule has 2 N–H and O–H groups in total. The molecule has 200 valence electrons. The number of ether oxygens (including phenoxy) is 3. The maximum absolute atomic E-state index is 13.3. The summed E-state index contributed by atoms with van der Waals surface area (Å²) in [4.78, 5) is 49.1. The summed E-state index contributed by atoms with van der Waals surface area (Å²) in [6.07, 6.45) is 6.06. The van der Waals surface area contributed by atoms with E-state index in [1.54, 1.807) is 43.3 Å². The molecular weight excluding hydrogens is 492 g/mol. The molecule has 2 aromatic carbocycles. The molecule has 2 atom stereocenters. The number of benzene rings is 2. The number of allylic oxidation sites excluding steroid dienone is 1. The van der Waals surface area contributed by atoms with Crippen LogP contribution in [0.2, 0.25) is 0 Å². The highest BCUT2D eigenvalue weighted by Gasteiger charge is 2.36. The Morgan fingerprint density at radius 1 is 1.13 bits per heavy atom. The predicted octanol–water partition coefficient (Wildman–Crippen LogP) is 4.78. The summed E-state index contributed by atoms with van der Waals surface area (Å²) in [7, 11) is 0. The minimum Gasteiger partial charge on any atom is -0.507 e. The first-order valence-electron chi connectivity index (χ1n) is 12.7. The second kappa shape index (κ2) is 11.9. The van der Waals surface area contributed by atoms with E-state index in [9.17, 15) is 24.3 Å². The summed E-state index contributed by atoms with van der Waals surface area (Å²) >= 11 is 0. The standard InChI is InChI=1S/C29H30O9/c1-17-8-7-11-19(30)10-4-2-3-9-18-14-23-27(28(34)26(18)29(35)37-17)21(15-25(33)38-23)20-12-5-6-13-22(20)36-16-24(31)32/h3,5-6,9,12-14,17,21,34H,2,4,7-8,10-11,15-16H2,1H3,(H,31,32). The molecule has 2 unspecified atom stereocenters. The number of rotatable bonds is 4. The van der Waals surface area contributed by atoms with Gasteiger partial charge in [-0.2, -0.15) is 0 Å². The number of cyclic esters (lactones) is 1. The van der Waals surface area contributed by atoms with Crippen LogP contribution in [-0.2, 0) is 19.1 Å². The Labute approximate surface area is 220 Å². The lowest BCUT2D eigenvalue weighted by Crippen LogP contribution is -2.24. The SMILES string of the molecule is CC1CCCC(=O)CCCC=Cc2cc3c(c(O)c2C(=O)O1)C(c1ccccc1OCC(=O)O)CC(=O)O3. The highest BCUT2D eigenvalue weighted by Crippen LogP contribution is 2.48. The van der Waals surface area contributed by atoms with Crippen LogP contribution in [0.3, 0.4) is 0 Å². The van der Waals surface area contributed by atoms with Crippen LogP contribution >= 0.6 is 0 Å². The summed E-state index contributed by atoms with van der Waals surface area (Å²) in [5.41, 5.74) is 0.974. The van der Waals surface area contributed by atoms with E-state index in [4.69, 9.17) is 19.3 Å². The van der Waals surface area contributed by atoms with Gasteiger partial charge in [0.15, 0.2) is 6.61 Å². The smallest absolute Gasteiger partial charge is 0.342 e. The van der Waals surface area contributed by atoms with Crippen molar-refractivity contribution >= 4 is 29.8 Å². The fraction of sp³-hybridized carbons (Fsp3) is 0.379. The van der Waals surface area contributed by atoms with Gasteiger partial charge in [0.25, 0.3) is 0 Å². The number of hydrogen-bond acceptors (Lipinski definition) is 8. The van der Waals surface area contributed by atoms with Crippen LogP contribution in [0, 0.1) is 0 Å². The number of carbonyl (C=O) groups is 4. The van der Waals surface area contributed by atoms with Gasteiger partial charge in [0.05, 0.1) is 12.5 Å². The first-order chi connectivity index (χ1) is 18.2. The Bertz CT molecular complexity index is 1280. The number of para-hydroxylation sites is 1. The van der Waals surface area contributed by atoms with E-state index >= 15 is 0 Å². The first-order valence-corrected chi connectivity index (χ1v) is 12.7. The summed E-state index contributed by atoms with van der Waals surface area (Å²) in [6, 6.07) is 8.16. The largest absolute Gasteiger partial charge is 0.507 e. The molecule has 4 rings (SSSR count). The van der Waals surface area contributed by atoms with E-state index in [1.807, 2.05) is 0 Å². The van der Waals surface area contributed by atoms with E-state index in [-0.39, 0.29) is 40.6 Å². The molecule has 9 heteroatoms. The van der Waals surface area contributed by atoms with Crippen molar-refractivity contribution in [2.24, 2.45) is 0 Å². The van der Waals surface area contributed by atoms with Gasteiger partial charge >= 0.3 is 17.9 Å². The topological polar surface area (TPSA) is 136 Å². The molecule has 2 heterocycles. The van der Waals surface area contributed by atoms with Crippen LogP contribution in [-0.4, -0.2) is 46.6 Å². The van der Waals surface area contributed by atoms with E-state index in [2.05, 4.69) is 0 Å². The van der Waals surface area contributed by atoms with Gasteiger partial charge in [-0.05, 0) is 50.3 Å². The Balaban J connectivity index is 1.81. The molecule has 0 saturated heterocycles. The van der Waals surface area contributed by atoms with Gasteiger partial charge in [0.2, 0.25) is 0 Å². The van der Waals surface area contributed by atoms with Gasteiger partial charge in [0.1, 0.15) is 28.6 Å². The van der Waals surface area contributed by atoms with E-state index in [1.165, 1.54) is 6.07 Å². The summed E-state index contributed by atoms with van der Waals surface area (Å²) in [5, 5.41) is 20.6. The van der Waals surface area contributed by atoms with Crippen molar-refractivity contribution in [2.75, 3.05) is 6.61 Å². The van der Waals surface area contributed by atoms with Crippen LogP contribution in [0.1, 0.15) is 84.8 Å². The van der Waals surface area contributed by atoms with Gasteiger partial charge in [-0.1, -0.05) is 30.4 Å². The molecule has 0 spiro atoms. The molecule has 0 radical (unpaired) electrons. The summed E-state index contributed by atoms with van der Waals surface area (Å²) in [6.45, 7) is 1.15. The maximum atomic E-state index is 13.3. The fourth-order valence-corrected chi connectivity index (χ4v) is 4.82. The Morgan fingerprint density at radius 3 is 2.68 bits per heavy atom. The number of carboxylic acid groups (broad SMARTS) is 1. The zero-order chi connectivity index (χ0) is 27.2. The Morgan fingerprint density at radius 2 is 1.89 bits per heavy atom. The molecule has 0 aromatic heterocycles. The number of phenolic OH excluding ortho intramolecular Hbond substituents is 1. The van der Waals surface area contributed by atoms with Crippen molar-refractivity contribution in [2.45, 2.75) is 63.9 Å². The lowest BCUT2D eigenvalue weighted by molar-refractivity contribution is -0.139. The second-order valence-electron chi connectivity index (χ2n) is 9.49. The van der Waals surface area contributed by atoms with Crippen LogP contribution in [0.5, 0.6) is 17.2 Å². The van der Waals surface area contributed by atoms with E-state index in [0.29, 0.717) is 49.7 Å². The lowest BCUT2D eigenvalue weighted by Gasteiger charge is -2.28. The zero-order valence-electron chi connectivity index (χ0n) is 21.1. The fourth-order valence-electron chi connectivity index (χ4n) is 4.82. The number of ketones is 1. The van der Waals surface area contributed by atoms with Crippen LogP contribution in [0.4, 0.5) is 0 Å². The highest BCUT2D eigenvalue weighted by atomic mass is 16.5. The molecule has 0 saturated carbocycles. The molecule has 2 aromatic rings. The Hall–Kier alpha value is -4.14. The van der Waals surface area contributed by atoms with Crippen LogP contribution < -0.4 is 9.47 Å². The predicted molar refractivity (Wildman–Crippen MR) is 136 cm³/mol. The lowest BCUT2D eigenvalue weighted by atomic mass is 9.83. The number of phenols is 1. The number of esters is 2. The zero-order valence-corrected chi connectivity index (χ0v) is 21.1. The van der Waals surface area contributed by atoms with Gasteiger partial charge in [-0.15, -0.1) is 0 Å². The minimum atomic E-state index is -1.16. The molecule has 0 bridgehead atoms. The van der Waals surface area contributed by atoms with Crippen molar-refractivity contribution in [1.82, 2.24) is 0 Å². The third-order valence-electron chi connectivity index (χ3n) is 6.62. The third-order valence-corrected chi connectivity index (χ3v) is 6.62. The van der Waals surface area contributed by atoms with Gasteiger partial charge < -0.3 is 24.4 Å². The highest BCUT2D eigenvalue weighted by molar-refractivity contribution is 5.98. The molecular formula is C29H30O9. The van der Waals surface area contributed by atoms with Crippen molar-refractivity contribution in [3.8, 4) is 17.2 Å². The number of hydrogen-bond donors (Lipinski definition) is 2. The molecule has 0 aliphatic carbocycles. The minimum absolute atomic E-state index is 0.0492. The molecule has 0 amide bonds. The van der Waals surface area contributed by atoms with Gasteiger partial charge in [0, 0.05) is 29.9 Å².